The van der Waals surface area contributed by atoms with E-state index in [0.29, 0.717) is 10.9 Å². The van der Waals surface area contributed by atoms with E-state index < -0.39 is 0 Å². The summed E-state index contributed by atoms with van der Waals surface area (Å²) in [4.78, 5) is 10.7. The van der Waals surface area contributed by atoms with Crippen molar-refractivity contribution in [3.8, 4) is 0 Å². The van der Waals surface area contributed by atoms with Crippen molar-refractivity contribution in [3.05, 3.63) is 17.0 Å². The van der Waals surface area contributed by atoms with Gasteiger partial charge < -0.3 is 10.2 Å². The lowest BCUT2D eigenvalue weighted by molar-refractivity contribution is 0.215. The van der Waals surface area contributed by atoms with Crippen LogP contribution in [0.3, 0.4) is 0 Å². The first-order valence-electron chi connectivity index (χ1n) is 7.43. The summed E-state index contributed by atoms with van der Waals surface area (Å²) in [6.45, 7) is 5.29. The van der Waals surface area contributed by atoms with Gasteiger partial charge in [0.15, 0.2) is 0 Å². The molecule has 0 aliphatic carbocycles. The molecule has 0 saturated carbocycles. The Bertz CT molecular complexity index is 617. The van der Waals surface area contributed by atoms with Gasteiger partial charge in [-0.1, -0.05) is 11.6 Å². The second-order valence-corrected chi connectivity index (χ2v) is 6.17. The van der Waals surface area contributed by atoms with Crippen LogP contribution < -0.4 is 5.32 Å². The minimum Gasteiger partial charge on any atom is -0.370 e. The highest BCUT2D eigenvalue weighted by Gasteiger charge is 2.17. The molecule has 1 saturated heterocycles. The van der Waals surface area contributed by atoms with Crippen molar-refractivity contribution in [2.45, 2.75) is 26.2 Å². The van der Waals surface area contributed by atoms with Gasteiger partial charge in [-0.3, -0.25) is 0 Å². The Morgan fingerprint density at radius 1 is 1.38 bits per heavy atom. The van der Waals surface area contributed by atoms with Gasteiger partial charge in [0.2, 0.25) is 0 Å². The van der Waals surface area contributed by atoms with Crippen LogP contribution in [0.2, 0.25) is 5.15 Å². The first-order valence-corrected chi connectivity index (χ1v) is 7.81. The summed E-state index contributed by atoms with van der Waals surface area (Å²) in [6.07, 6.45) is 5.24. The van der Waals surface area contributed by atoms with Crippen LogP contribution in [0.25, 0.3) is 5.78 Å². The fourth-order valence-electron chi connectivity index (χ4n) is 2.85. The fourth-order valence-corrected chi connectivity index (χ4v) is 3.02. The molecular weight excluding hydrogens is 288 g/mol. The zero-order valence-electron chi connectivity index (χ0n) is 12.5. The van der Waals surface area contributed by atoms with Crippen LogP contribution in [0.5, 0.6) is 0 Å². The molecular formula is C14H21ClN6. The van der Waals surface area contributed by atoms with E-state index in [4.69, 9.17) is 11.6 Å². The normalized spacial score (nSPS) is 17.5. The molecule has 7 heteroatoms. The van der Waals surface area contributed by atoms with Crippen LogP contribution in [-0.2, 0) is 0 Å². The lowest BCUT2D eigenvalue weighted by atomic mass is 9.94. The molecule has 0 bridgehead atoms. The fraction of sp³-hybridized carbons (Fsp3) is 0.643. The average Bonchev–Trinajstić information content (AvgIpc) is 2.93. The predicted molar refractivity (Wildman–Crippen MR) is 83.9 cm³/mol. The number of likely N-dealkylation sites (tertiary alicyclic amines) is 1. The first-order chi connectivity index (χ1) is 10.1. The third kappa shape index (κ3) is 3.11. The van der Waals surface area contributed by atoms with Crippen molar-refractivity contribution in [2.24, 2.45) is 5.92 Å². The smallest absolute Gasteiger partial charge is 0.255 e. The van der Waals surface area contributed by atoms with Crippen molar-refractivity contribution in [3.63, 3.8) is 0 Å². The van der Waals surface area contributed by atoms with Crippen molar-refractivity contribution in [1.29, 1.82) is 0 Å². The summed E-state index contributed by atoms with van der Waals surface area (Å²) in [7, 11) is 2.19. The SMILES string of the molecule is Cc1c(Cl)nc2ncnn2c1NCCC1CCN(C)CC1. The Hall–Kier alpha value is -1.40. The van der Waals surface area contributed by atoms with Gasteiger partial charge in [0.1, 0.15) is 17.3 Å². The molecule has 0 spiro atoms. The number of nitrogens with zero attached hydrogens (tertiary/aromatic N) is 5. The van der Waals surface area contributed by atoms with Crippen LogP contribution >= 0.6 is 11.6 Å². The second kappa shape index (κ2) is 6.15. The number of hydrogen-bond donors (Lipinski definition) is 1. The van der Waals surface area contributed by atoms with Crippen LogP contribution in [0, 0.1) is 12.8 Å². The molecule has 0 atom stereocenters. The first kappa shape index (κ1) is 14.5. The van der Waals surface area contributed by atoms with Crippen molar-refractivity contribution < 1.29 is 0 Å². The van der Waals surface area contributed by atoms with Gasteiger partial charge >= 0.3 is 0 Å². The summed E-state index contributed by atoms with van der Waals surface area (Å²) in [6, 6.07) is 0. The Morgan fingerprint density at radius 2 is 2.14 bits per heavy atom. The Balaban J connectivity index is 1.65. The number of anilines is 1. The van der Waals surface area contributed by atoms with E-state index in [9.17, 15) is 0 Å². The molecule has 0 aromatic carbocycles. The molecule has 2 aromatic heterocycles. The molecule has 21 heavy (non-hydrogen) atoms. The molecule has 2 aromatic rings. The van der Waals surface area contributed by atoms with Crippen LogP contribution in [0.1, 0.15) is 24.8 Å². The number of aromatic nitrogens is 4. The molecule has 3 rings (SSSR count). The Morgan fingerprint density at radius 3 is 2.90 bits per heavy atom. The zero-order chi connectivity index (χ0) is 14.8. The van der Waals surface area contributed by atoms with Gasteiger partial charge in [-0.15, -0.1) is 0 Å². The van der Waals surface area contributed by atoms with Crippen molar-refractivity contribution in [2.75, 3.05) is 32.0 Å². The van der Waals surface area contributed by atoms with Gasteiger partial charge in [0.05, 0.1) is 0 Å². The summed E-state index contributed by atoms with van der Waals surface area (Å²) < 4.78 is 1.72. The molecule has 0 unspecified atom stereocenters. The maximum Gasteiger partial charge on any atom is 0.255 e. The summed E-state index contributed by atoms with van der Waals surface area (Å²) in [5.74, 6) is 2.24. The molecule has 114 valence electrons. The van der Waals surface area contributed by atoms with Gasteiger partial charge in [-0.2, -0.15) is 19.6 Å². The molecule has 3 heterocycles. The summed E-state index contributed by atoms with van der Waals surface area (Å²) in [5.41, 5.74) is 0.915. The molecule has 0 radical (unpaired) electrons. The quantitative estimate of drug-likeness (QED) is 0.878. The molecule has 1 aliphatic rings. The lowest BCUT2D eigenvalue weighted by Crippen LogP contribution is -2.31. The van der Waals surface area contributed by atoms with Crippen molar-refractivity contribution >= 4 is 23.2 Å². The number of nitrogens with one attached hydrogen (secondary N) is 1. The van der Waals surface area contributed by atoms with Crippen LogP contribution in [0.4, 0.5) is 5.82 Å². The average molecular weight is 309 g/mol. The number of hydrogen-bond acceptors (Lipinski definition) is 5. The molecule has 6 nitrogen and oxygen atoms in total. The predicted octanol–water partition coefficient (Wildman–Crippen LogP) is 2.23. The summed E-state index contributed by atoms with van der Waals surface area (Å²) >= 11 is 6.16. The van der Waals surface area contributed by atoms with E-state index in [1.165, 1.54) is 38.7 Å². The standard InChI is InChI=1S/C14H21ClN6/c1-10-12(15)19-14-17-9-18-21(14)13(10)16-6-3-11-4-7-20(2)8-5-11/h9,11,16H,3-8H2,1-2H3. The maximum atomic E-state index is 6.16. The third-order valence-electron chi connectivity index (χ3n) is 4.29. The number of fused-ring (bicyclic) bond motifs is 1. The number of halogens is 1. The number of piperidine rings is 1. The molecule has 0 amide bonds. The lowest BCUT2D eigenvalue weighted by Gasteiger charge is -2.29. The topological polar surface area (TPSA) is 58.4 Å². The van der Waals surface area contributed by atoms with E-state index in [1.807, 2.05) is 6.92 Å². The Labute approximate surface area is 129 Å². The van der Waals surface area contributed by atoms with E-state index in [-0.39, 0.29) is 0 Å². The Kier molecular flexibility index (Phi) is 4.26. The van der Waals surface area contributed by atoms with Crippen molar-refractivity contribution in [1.82, 2.24) is 24.5 Å². The van der Waals surface area contributed by atoms with E-state index >= 15 is 0 Å². The van der Waals surface area contributed by atoms with Gasteiger partial charge in [-0.25, -0.2) is 0 Å². The van der Waals surface area contributed by atoms with Crippen LogP contribution in [0.15, 0.2) is 6.33 Å². The minimum absolute atomic E-state index is 0.484. The number of rotatable bonds is 4. The third-order valence-corrected chi connectivity index (χ3v) is 4.66. The highest BCUT2D eigenvalue weighted by atomic mass is 35.5. The van der Waals surface area contributed by atoms with Gasteiger partial charge in [-0.05, 0) is 52.2 Å². The maximum absolute atomic E-state index is 6.16. The zero-order valence-corrected chi connectivity index (χ0v) is 13.3. The second-order valence-electron chi connectivity index (χ2n) is 5.81. The van der Waals surface area contributed by atoms with E-state index in [2.05, 4.69) is 32.3 Å². The molecule has 1 fully saturated rings. The molecule has 1 N–H and O–H groups in total. The monoisotopic (exact) mass is 308 g/mol. The minimum atomic E-state index is 0.484. The summed E-state index contributed by atoms with van der Waals surface area (Å²) in [5, 5.41) is 8.16. The molecule has 1 aliphatic heterocycles. The van der Waals surface area contributed by atoms with Gasteiger partial charge in [0, 0.05) is 12.1 Å². The van der Waals surface area contributed by atoms with Gasteiger partial charge in [0.25, 0.3) is 5.78 Å². The highest BCUT2D eigenvalue weighted by Crippen LogP contribution is 2.23. The van der Waals surface area contributed by atoms with E-state index in [1.54, 1.807) is 4.52 Å². The van der Waals surface area contributed by atoms with E-state index in [0.717, 1.165) is 23.8 Å². The van der Waals surface area contributed by atoms with Crippen LogP contribution in [-0.4, -0.2) is 51.2 Å². The highest BCUT2D eigenvalue weighted by molar-refractivity contribution is 6.30. The largest absolute Gasteiger partial charge is 0.370 e.